The summed E-state index contributed by atoms with van der Waals surface area (Å²) in [6.45, 7) is 10.1. The molecular weight excluding hydrogens is 250 g/mol. The first kappa shape index (κ1) is 14.9. The van der Waals surface area contributed by atoms with E-state index < -0.39 is 0 Å². The van der Waals surface area contributed by atoms with Crippen LogP contribution in [-0.2, 0) is 6.54 Å². The van der Waals surface area contributed by atoms with Crippen LogP contribution in [0.15, 0.2) is 23.4 Å². The highest BCUT2D eigenvalue weighted by Gasteiger charge is 2.25. The summed E-state index contributed by atoms with van der Waals surface area (Å²) in [7, 11) is 0. The monoisotopic (exact) mass is 275 g/mol. The number of nitrogens with zero attached hydrogens (tertiary/aromatic N) is 2. The highest BCUT2D eigenvalue weighted by molar-refractivity contribution is 5.97. The van der Waals surface area contributed by atoms with Gasteiger partial charge >= 0.3 is 0 Å². The Morgan fingerprint density at radius 1 is 1.35 bits per heavy atom. The van der Waals surface area contributed by atoms with Crippen molar-refractivity contribution >= 4 is 5.84 Å². The van der Waals surface area contributed by atoms with E-state index in [0.29, 0.717) is 5.41 Å². The number of amidine groups is 1. The van der Waals surface area contributed by atoms with E-state index in [1.807, 2.05) is 12.1 Å². The Morgan fingerprint density at radius 3 is 2.55 bits per heavy atom. The van der Waals surface area contributed by atoms with Gasteiger partial charge in [-0.15, -0.1) is 0 Å². The number of hydrogen-bond donors (Lipinski definition) is 2. The Bertz CT molecular complexity index is 498. The van der Waals surface area contributed by atoms with Crippen LogP contribution in [0, 0.1) is 12.3 Å². The molecule has 0 amide bonds. The maximum absolute atomic E-state index is 8.71. The Morgan fingerprint density at radius 2 is 2.00 bits per heavy atom. The van der Waals surface area contributed by atoms with Crippen LogP contribution in [0.2, 0.25) is 0 Å². The summed E-state index contributed by atoms with van der Waals surface area (Å²) in [6, 6.07) is 5.99. The van der Waals surface area contributed by atoms with Crippen LogP contribution in [0.3, 0.4) is 0 Å². The number of hydrogen-bond acceptors (Lipinski definition) is 3. The summed E-state index contributed by atoms with van der Waals surface area (Å²) < 4.78 is 0. The molecule has 0 radical (unpaired) electrons. The van der Waals surface area contributed by atoms with E-state index in [-0.39, 0.29) is 5.84 Å². The van der Waals surface area contributed by atoms with E-state index in [0.717, 1.165) is 25.2 Å². The van der Waals surface area contributed by atoms with Gasteiger partial charge in [0.2, 0.25) is 0 Å². The van der Waals surface area contributed by atoms with Gasteiger partial charge in [0, 0.05) is 12.1 Å². The molecule has 0 aromatic heterocycles. The van der Waals surface area contributed by atoms with Gasteiger partial charge in [-0.3, -0.25) is 4.90 Å². The zero-order valence-electron chi connectivity index (χ0n) is 12.7. The molecule has 1 aliphatic rings. The van der Waals surface area contributed by atoms with Gasteiger partial charge in [-0.05, 0) is 55.5 Å². The number of likely N-dealkylation sites (tertiary alicyclic amines) is 1. The highest BCUT2D eigenvalue weighted by Crippen LogP contribution is 2.30. The second-order valence-corrected chi connectivity index (χ2v) is 6.57. The van der Waals surface area contributed by atoms with Gasteiger partial charge in [-0.2, -0.15) is 0 Å². The number of piperidine rings is 1. The lowest BCUT2D eigenvalue weighted by Gasteiger charge is -2.37. The van der Waals surface area contributed by atoms with Crippen LogP contribution in [0.4, 0.5) is 0 Å². The number of rotatable bonds is 3. The number of nitrogens with two attached hydrogens (primary N) is 1. The van der Waals surface area contributed by atoms with Crippen LogP contribution in [0.25, 0.3) is 0 Å². The van der Waals surface area contributed by atoms with Gasteiger partial charge in [0.05, 0.1) is 0 Å². The van der Waals surface area contributed by atoms with Gasteiger partial charge in [0.15, 0.2) is 5.84 Å². The van der Waals surface area contributed by atoms with Crippen molar-refractivity contribution in [2.75, 3.05) is 13.1 Å². The molecule has 1 aromatic rings. The second kappa shape index (κ2) is 5.83. The predicted octanol–water partition coefficient (Wildman–Crippen LogP) is 2.71. The molecule has 1 aromatic carbocycles. The Hall–Kier alpha value is -1.55. The summed E-state index contributed by atoms with van der Waals surface area (Å²) in [4.78, 5) is 2.51. The zero-order chi connectivity index (χ0) is 14.8. The fourth-order valence-corrected chi connectivity index (χ4v) is 2.65. The Labute approximate surface area is 121 Å². The van der Waals surface area contributed by atoms with E-state index in [9.17, 15) is 0 Å². The van der Waals surface area contributed by atoms with E-state index in [2.05, 4.69) is 36.9 Å². The van der Waals surface area contributed by atoms with Crippen molar-refractivity contribution in [1.82, 2.24) is 4.90 Å². The maximum Gasteiger partial charge on any atom is 0.170 e. The molecule has 0 saturated carbocycles. The van der Waals surface area contributed by atoms with Crippen LogP contribution in [0.1, 0.15) is 43.4 Å². The smallest absolute Gasteiger partial charge is 0.170 e. The Kier molecular flexibility index (Phi) is 4.33. The molecule has 0 bridgehead atoms. The molecule has 4 nitrogen and oxygen atoms in total. The molecule has 110 valence electrons. The van der Waals surface area contributed by atoms with Crippen molar-refractivity contribution in [3.8, 4) is 0 Å². The molecule has 0 spiro atoms. The van der Waals surface area contributed by atoms with Crippen molar-refractivity contribution < 1.29 is 5.21 Å². The van der Waals surface area contributed by atoms with Gasteiger partial charge in [0.1, 0.15) is 0 Å². The molecule has 0 unspecified atom stereocenters. The average Bonchev–Trinajstić information content (AvgIpc) is 2.42. The SMILES string of the molecule is Cc1cc(/C(N)=N/O)ccc1CN1CCC(C)(C)CC1. The molecule has 4 heteroatoms. The standard InChI is InChI=1S/C16H25N3O/c1-12-10-13(15(17)18-20)4-5-14(12)11-19-8-6-16(2,3)7-9-19/h4-5,10,20H,6-9,11H2,1-3H3,(H2,17,18). The molecule has 0 aliphatic carbocycles. The van der Waals surface area contributed by atoms with E-state index in [1.54, 1.807) is 0 Å². The summed E-state index contributed by atoms with van der Waals surface area (Å²) in [5, 5.41) is 11.8. The predicted molar refractivity (Wildman–Crippen MR) is 82.0 cm³/mol. The summed E-state index contributed by atoms with van der Waals surface area (Å²) in [5.41, 5.74) is 9.39. The van der Waals surface area contributed by atoms with Gasteiger partial charge in [0.25, 0.3) is 0 Å². The zero-order valence-corrected chi connectivity index (χ0v) is 12.7. The molecule has 1 saturated heterocycles. The van der Waals surface area contributed by atoms with Crippen molar-refractivity contribution in [2.24, 2.45) is 16.3 Å². The number of benzene rings is 1. The van der Waals surface area contributed by atoms with Crippen LogP contribution in [-0.4, -0.2) is 29.0 Å². The highest BCUT2D eigenvalue weighted by atomic mass is 16.4. The number of aryl methyl sites for hydroxylation is 1. The molecule has 20 heavy (non-hydrogen) atoms. The number of oxime groups is 1. The minimum absolute atomic E-state index is 0.166. The lowest BCUT2D eigenvalue weighted by atomic mass is 9.82. The molecule has 0 atom stereocenters. The lowest BCUT2D eigenvalue weighted by Crippen LogP contribution is -2.36. The lowest BCUT2D eigenvalue weighted by molar-refractivity contribution is 0.127. The molecule has 1 fully saturated rings. The molecule has 2 rings (SSSR count). The molecule has 1 heterocycles. The van der Waals surface area contributed by atoms with E-state index in [1.165, 1.54) is 24.0 Å². The molecule has 1 aliphatic heterocycles. The average molecular weight is 275 g/mol. The first-order chi connectivity index (χ1) is 9.41. The van der Waals surface area contributed by atoms with Crippen molar-refractivity contribution in [2.45, 2.75) is 40.2 Å². The second-order valence-electron chi connectivity index (χ2n) is 6.57. The van der Waals surface area contributed by atoms with Crippen molar-refractivity contribution in [3.05, 3.63) is 34.9 Å². The van der Waals surface area contributed by atoms with Crippen molar-refractivity contribution in [1.29, 1.82) is 0 Å². The fourth-order valence-electron chi connectivity index (χ4n) is 2.65. The van der Waals surface area contributed by atoms with Gasteiger partial charge in [-0.1, -0.05) is 31.1 Å². The topological polar surface area (TPSA) is 61.9 Å². The van der Waals surface area contributed by atoms with Gasteiger partial charge in [-0.25, -0.2) is 0 Å². The maximum atomic E-state index is 8.71. The van der Waals surface area contributed by atoms with Crippen molar-refractivity contribution in [3.63, 3.8) is 0 Å². The van der Waals surface area contributed by atoms with E-state index in [4.69, 9.17) is 10.9 Å². The first-order valence-corrected chi connectivity index (χ1v) is 7.21. The summed E-state index contributed by atoms with van der Waals surface area (Å²) >= 11 is 0. The first-order valence-electron chi connectivity index (χ1n) is 7.21. The molecular formula is C16H25N3O. The van der Waals surface area contributed by atoms with E-state index >= 15 is 0 Å². The Balaban J connectivity index is 2.04. The summed E-state index contributed by atoms with van der Waals surface area (Å²) in [5.74, 6) is 0.166. The largest absolute Gasteiger partial charge is 0.409 e. The normalized spacial score (nSPS) is 20.1. The minimum Gasteiger partial charge on any atom is -0.409 e. The quantitative estimate of drug-likeness (QED) is 0.386. The molecule has 3 N–H and O–H groups in total. The fraction of sp³-hybridized carbons (Fsp3) is 0.562. The van der Waals surface area contributed by atoms with Crippen LogP contribution in [0.5, 0.6) is 0 Å². The third-order valence-corrected chi connectivity index (χ3v) is 4.35. The van der Waals surface area contributed by atoms with Gasteiger partial charge < -0.3 is 10.9 Å². The van der Waals surface area contributed by atoms with Crippen LogP contribution >= 0.6 is 0 Å². The third kappa shape index (κ3) is 3.51. The summed E-state index contributed by atoms with van der Waals surface area (Å²) in [6.07, 6.45) is 2.52. The van der Waals surface area contributed by atoms with Crippen LogP contribution < -0.4 is 5.73 Å². The minimum atomic E-state index is 0.166. The third-order valence-electron chi connectivity index (χ3n) is 4.35.